The molecule has 0 atom stereocenters. The second-order valence-corrected chi connectivity index (χ2v) is 0. The van der Waals surface area contributed by atoms with E-state index in [9.17, 15) is 0 Å². The minimum Gasteiger partial charge on any atom is -2.00 e. The van der Waals surface area contributed by atoms with Gasteiger partial charge < -0.3 is 16.4 Å². The molecule has 0 saturated carbocycles. The zero-order valence-electron chi connectivity index (χ0n) is 4.38. The second-order valence-electron chi connectivity index (χ2n) is 0. The third kappa shape index (κ3) is 52.7. The minimum absolute atomic E-state index is 0. The van der Waals surface area contributed by atoms with Crippen molar-refractivity contribution in [2.75, 3.05) is 0 Å². The Labute approximate surface area is 215 Å². The molecule has 3 nitrogen and oxygen atoms in total. The van der Waals surface area contributed by atoms with Gasteiger partial charge in [-0.3, -0.25) is 0 Å². The number of rotatable bonds is 0. The molecular weight excluding hydrogens is 797 g/mol. The molecule has 0 aliphatic carbocycles. The number of hydrogen-bond acceptors (Lipinski definition) is 0. The first-order valence-electron chi connectivity index (χ1n) is 0. The van der Waals surface area contributed by atoms with Gasteiger partial charge in [-0.15, -0.1) is 0 Å². The minimum atomic E-state index is 0. The summed E-state index contributed by atoms with van der Waals surface area (Å²) in [5, 5.41) is 0. The Balaban J connectivity index is 0. The van der Waals surface area contributed by atoms with Crippen molar-refractivity contribution < 1.29 is 222 Å². The van der Waals surface area contributed by atoms with E-state index in [1.54, 1.807) is 0 Å². The predicted molar refractivity (Wildman–Crippen MR) is 2.06 cm³/mol. The molecule has 0 aromatic rings. The van der Waals surface area contributed by atoms with Crippen LogP contribution in [0.3, 0.4) is 0 Å². The van der Waals surface area contributed by atoms with Gasteiger partial charge in [-0.1, -0.05) is 0 Å². The van der Waals surface area contributed by atoms with Gasteiger partial charge in [0.25, 0.3) is 0 Å². The summed E-state index contributed by atoms with van der Waals surface area (Å²) in [5.41, 5.74) is 0. The average Bonchev–Trinajstić information content (AvgIpc) is 0. The SMILES string of the molecule is [La].[La].[Nd+3].[Nd+3].[O-2].[O-2].[O-2].[Zr].[Zr]. The summed E-state index contributed by atoms with van der Waals surface area (Å²) in [6.45, 7) is 0. The van der Waals surface area contributed by atoms with Crippen LogP contribution >= 0.6 is 0 Å². The molecule has 0 aliphatic rings. The van der Waals surface area contributed by atoms with E-state index in [1.165, 1.54) is 0 Å². The maximum atomic E-state index is 0. The van der Waals surface area contributed by atoms with Crippen LogP contribution in [0.2, 0.25) is 0 Å². The molecule has 0 saturated heterocycles. The molecule has 9 heavy (non-hydrogen) atoms. The van der Waals surface area contributed by atoms with Crippen molar-refractivity contribution in [1.29, 1.82) is 0 Å². The molecule has 9 heteroatoms. The number of hydrogen-bond donors (Lipinski definition) is 0. The van der Waals surface area contributed by atoms with Crippen molar-refractivity contribution >= 4 is 0 Å². The molecule has 0 fully saturated rings. The Morgan fingerprint density at radius 1 is 0.444 bits per heavy atom. The molecule has 0 amide bonds. The fraction of sp³-hybridized carbons (Fsp3) is 0. The quantitative estimate of drug-likeness (QED) is 0.321. The van der Waals surface area contributed by atoms with E-state index < -0.39 is 0 Å². The molecule has 0 heterocycles. The molecule has 0 aliphatic heterocycles. The first kappa shape index (κ1) is 75.3. The van der Waals surface area contributed by atoms with Crippen molar-refractivity contribution in [2.45, 2.75) is 0 Å². The molecule has 40 valence electrons. The summed E-state index contributed by atoms with van der Waals surface area (Å²) in [7, 11) is 0. The normalized spacial score (nSPS) is 0. The van der Waals surface area contributed by atoms with E-state index in [2.05, 4.69) is 0 Å². The van der Waals surface area contributed by atoms with Crippen LogP contribution in [-0.2, 0) is 68.8 Å². The second kappa shape index (κ2) is 61.3. The van der Waals surface area contributed by atoms with Crippen LogP contribution < -0.4 is 0 Å². The molecule has 0 N–H and O–H groups in total. The Morgan fingerprint density at radius 2 is 0.444 bits per heavy atom. The van der Waals surface area contributed by atoms with Gasteiger partial charge in [-0.25, -0.2) is 0 Å². The molecule has 0 rings (SSSR count). The molecule has 0 aromatic carbocycles. The maximum absolute atomic E-state index is 0. The molecular formula is La2Nd2O3Zr2. The first-order chi connectivity index (χ1) is 0. The van der Waals surface area contributed by atoms with Crippen LogP contribution in [0.4, 0.5) is 0 Å². The van der Waals surface area contributed by atoms with Crippen molar-refractivity contribution in [3.05, 3.63) is 0 Å². The summed E-state index contributed by atoms with van der Waals surface area (Å²) in [4.78, 5) is 0. The zero-order valence-corrected chi connectivity index (χ0v) is 23.0. The Kier molecular flexibility index (Phi) is 513. The molecule has 0 unspecified atom stereocenters. The van der Waals surface area contributed by atoms with Crippen LogP contribution in [0.15, 0.2) is 0 Å². The van der Waals surface area contributed by atoms with Crippen molar-refractivity contribution in [3.8, 4) is 0 Å². The van der Waals surface area contributed by atoms with Crippen molar-refractivity contribution in [1.82, 2.24) is 0 Å². The molecule has 0 spiro atoms. The standard InChI is InChI=1S/2La.2Nd.3O.2Zr/q;;2*+3;3*-2;;. The Bertz CT molecular complexity index is 17.8. The molecule has 0 bridgehead atoms. The topological polar surface area (TPSA) is 85.5 Å². The summed E-state index contributed by atoms with van der Waals surface area (Å²) in [5.74, 6) is 0. The molecule has 0 aromatic heterocycles. The third-order valence-electron chi connectivity index (χ3n) is 0. The van der Waals surface area contributed by atoms with Crippen LogP contribution in [0, 0.1) is 153 Å². The Hall–Kier alpha value is 6.74. The first-order valence-corrected chi connectivity index (χ1v) is 0. The van der Waals surface area contributed by atoms with E-state index in [0.29, 0.717) is 0 Å². The van der Waals surface area contributed by atoms with Crippen LogP contribution in [0.5, 0.6) is 0 Å². The van der Waals surface area contributed by atoms with Crippen molar-refractivity contribution in [3.63, 3.8) is 0 Å². The summed E-state index contributed by atoms with van der Waals surface area (Å²) in [6, 6.07) is 0. The van der Waals surface area contributed by atoms with Crippen molar-refractivity contribution in [2.24, 2.45) is 0 Å². The largest absolute Gasteiger partial charge is 3.00 e. The average molecular weight is 797 g/mol. The van der Waals surface area contributed by atoms with Gasteiger partial charge in [0.1, 0.15) is 0 Å². The van der Waals surface area contributed by atoms with Gasteiger partial charge in [-0.05, 0) is 0 Å². The van der Waals surface area contributed by atoms with Crippen LogP contribution in [-0.4, -0.2) is 0 Å². The third-order valence-corrected chi connectivity index (χ3v) is 0. The monoisotopic (exact) mass is 789 g/mol. The fourth-order valence-electron chi connectivity index (χ4n) is 0. The summed E-state index contributed by atoms with van der Waals surface area (Å²) >= 11 is 0. The van der Waals surface area contributed by atoms with E-state index in [4.69, 9.17) is 0 Å². The van der Waals surface area contributed by atoms with Gasteiger partial charge >= 0.3 is 81.7 Å². The predicted octanol–water partition coefficient (Wildman–Crippen LogP) is -0.361. The van der Waals surface area contributed by atoms with E-state index in [-0.39, 0.29) is 222 Å². The van der Waals surface area contributed by atoms with E-state index in [1.807, 2.05) is 0 Å². The van der Waals surface area contributed by atoms with Crippen LogP contribution in [0.25, 0.3) is 0 Å². The zero-order chi connectivity index (χ0) is 0. The smallest absolute Gasteiger partial charge is 2.00 e. The van der Waals surface area contributed by atoms with Gasteiger partial charge in [0, 0.05) is 124 Å². The van der Waals surface area contributed by atoms with Gasteiger partial charge in [-0.2, -0.15) is 0 Å². The fourth-order valence-corrected chi connectivity index (χ4v) is 0. The van der Waals surface area contributed by atoms with Crippen LogP contribution in [0.1, 0.15) is 0 Å². The summed E-state index contributed by atoms with van der Waals surface area (Å²) in [6.07, 6.45) is 0. The van der Waals surface area contributed by atoms with Gasteiger partial charge in [0.05, 0.1) is 0 Å². The van der Waals surface area contributed by atoms with E-state index >= 15 is 0 Å². The Morgan fingerprint density at radius 3 is 0.444 bits per heavy atom. The van der Waals surface area contributed by atoms with Gasteiger partial charge in [0.15, 0.2) is 0 Å². The van der Waals surface area contributed by atoms with E-state index in [0.717, 1.165) is 0 Å². The summed E-state index contributed by atoms with van der Waals surface area (Å²) < 4.78 is 0. The maximum Gasteiger partial charge on any atom is 3.00 e. The van der Waals surface area contributed by atoms with Gasteiger partial charge in [0.2, 0.25) is 0 Å². The molecule has 4 radical (unpaired) electrons.